The molecule has 0 unspecified atom stereocenters. The number of sulfonamides is 1. The fourth-order valence-corrected chi connectivity index (χ4v) is 4.67. The topological polar surface area (TPSA) is 105 Å². The molecular formula is C24H21N3O4S. The van der Waals surface area contributed by atoms with E-state index in [9.17, 15) is 18.5 Å². The van der Waals surface area contributed by atoms with Crippen LogP contribution in [0.4, 0.5) is 5.69 Å². The number of non-ortho nitro benzene ring substituents is 1. The molecule has 0 aliphatic heterocycles. The van der Waals surface area contributed by atoms with Gasteiger partial charge in [-0.1, -0.05) is 55.1 Å². The number of para-hydroxylation sites is 1. The number of nitro benzene ring substituents is 1. The molecule has 0 saturated carbocycles. The zero-order valence-electron chi connectivity index (χ0n) is 17.1. The molecule has 4 aromatic rings. The minimum Gasteiger partial charge on any atom is -0.354 e. The molecule has 0 atom stereocenters. The van der Waals surface area contributed by atoms with Crippen LogP contribution in [0.2, 0.25) is 0 Å². The molecule has 0 spiro atoms. The van der Waals surface area contributed by atoms with Crippen molar-refractivity contribution in [3.05, 3.63) is 112 Å². The third-order valence-corrected chi connectivity index (χ3v) is 6.74. The normalized spacial score (nSPS) is 11.5. The highest BCUT2D eigenvalue weighted by atomic mass is 32.2. The second-order valence-electron chi connectivity index (χ2n) is 7.27. The Balaban J connectivity index is 1.58. The summed E-state index contributed by atoms with van der Waals surface area (Å²) in [5, 5.41) is 11.8. The van der Waals surface area contributed by atoms with Gasteiger partial charge in [0.1, 0.15) is 0 Å². The summed E-state index contributed by atoms with van der Waals surface area (Å²) < 4.78 is 27.9. The second kappa shape index (κ2) is 8.78. The molecule has 8 heteroatoms. The van der Waals surface area contributed by atoms with Gasteiger partial charge in [0.05, 0.1) is 9.82 Å². The van der Waals surface area contributed by atoms with E-state index in [0.29, 0.717) is 6.42 Å². The molecule has 0 aliphatic carbocycles. The summed E-state index contributed by atoms with van der Waals surface area (Å²) >= 11 is 0. The Morgan fingerprint density at radius 1 is 0.969 bits per heavy atom. The minimum atomic E-state index is -3.80. The molecule has 7 nitrogen and oxygen atoms in total. The largest absolute Gasteiger partial charge is 0.354 e. The standard InChI is InChI=1S/C24H21N3O4S/c1-17(18-7-3-2-4-8-18)24-22(21-9-5-6-10-23(21)26-24)15-16-25-32(30,31)20-13-11-19(12-14-20)27(28)29/h2-14,25-26H,1,15-16H2. The van der Waals surface area contributed by atoms with Crippen LogP contribution < -0.4 is 4.72 Å². The summed E-state index contributed by atoms with van der Waals surface area (Å²) in [6.45, 7) is 4.42. The number of hydrogen-bond acceptors (Lipinski definition) is 4. The highest BCUT2D eigenvalue weighted by Gasteiger charge is 2.18. The Bertz CT molecular complexity index is 1390. The van der Waals surface area contributed by atoms with E-state index in [1.54, 1.807) is 0 Å². The van der Waals surface area contributed by atoms with Crippen LogP contribution in [0.5, 0.6) is 0 Å². The van der Waals surface area contributed by atoms with Gasteiger partial charge < -0.3 is 4.98 Å². The van der Waals surface area contributed by atoms with Gasteiger partial charge in [0.25, 0.3) is 5.69 Å². The van der Waals surface area contributed by atoms with Crippen molar-refractivity contribution in [2.75, 3.05) is 6.54 Å². The molecule has 3 aromatic carbocycles. The number of aromatic nitrogens is 1. The average molecular weight is 448 g/mol. The van der Waals surface area contributed by atoms with Crippen LogP contribution in [0.3, 0.4) is 0 Å². The van der Waals surface area contributed by atoms with Gasteiger partial charge in [0.2, 0.25) is 10.0 Å². The fourth-order valence-electron chi connectivity index (χ4n) is 3.64. The molecular weight excluding hydrogens is 426 g/mol. The fraction of sp³-hybridized carbons (Fsp3) is 0.0833. The summed E-state index contributed by atoms with van der Waals surface area (Å²) in [7, 11) is -3.80. The number of rotatable bonds is 8. The SMILES string of the molecule is C=C(c1ccccc1)c1[nH]c2ccccc2c1CCNS(=O)(=O)c1ccc([N+](=O)[O-])cc1. The average Bonchev–Trinajstić information content (AvgIpc) is 3.17. The van der Waals surface area contributed by atoms with E-state index in [1.165, 1.54) is 24.3 Å². The first-order valence-corrected chi connectivity index (χ1v) is 11.4. The quantitative estimate of drug-likeness (QED) is 0.303. The Morgan fingerprint density at radius 3 is 2.31 bits per heavy atom. The lowest BCUT2D eigenvalue weighted by Crippen LogP contribution is -2.26. The van der Waals surface area contributed by atoms with Gasteiger partial charge in [-0.2, -0.15) is 0 Å². The van der Waals surface area contributed by atoms with E-state index < -0.39 is 14.9 Å². The second-order valence-corrected chi connectivity index (χ2v) is 9.03. The van der Waals surface area contributed by atoms with Gasteiger partial charge in [0, 0.05) is 35.3 Å². The first kappa shape index (κ1) is 21.5. The lowest BCUT2D eigenvalue weighted by atomic mass is 9.99. The summed E-state index contributed by atoms with van der Waals surface area (Å²) in [5.41, 5.74) is 4.44. The maximum atomic E-state index is 12.6. The maximum Gasteiger partial charge on any atom is 0.269 e. The first-order chi connectivity index (χ1) is 15.4. The molecule has 0 saturated heterocycles. The van der Waals surface area contributed by atoms with Crippen LogP contribution in [-0.4, -0.2) is 24.9 Å². The molecule has 0 aliphatic rings. The molecule has 0 amide bonds. The van der Waals surface area contributed by atoms with E-state index in [2.05, 4.69) is 16.3 Å². The van der Waals surface area contributed by atoms with Crippen LogP contribution in [0.25, 0.3) is 16.5 Å². The highest BCUT2D eigenvalue weighted by Crippen LogP contribution is 2.30. The number of nitrogens with zero attached hydrogens (tertiary/aromatic N) is 1. The summed E-state index contributed by atoms with van der Waals surface area (Å²) in [5.74, 6) is 0. The summed E-state index contributed by atoms with van der Waals surface area (Å²) in [4.78, 5) is 13.6. The van der Waals surface area contributed by atoms with E-state index >= 15 is 0 Å². The van der Waals surface area contributed by atoms with Crippen LogP contribution >= 0.6 is 0 Å². The summed E-state index contributed by atoms with van der Waals surface area (Å²) in [6.07, 6.45) is 0.442. The van der Waals surface area contributed by atoms with Crippen LogP contribution in [0.1, 0.15) is 16.8 Å². The highest BCUT2D eigenvalue weighted by molar-refractivity contribution is 7.89. The molecule has 4 rings (SSSR count). The molecule has 0 radical (unpaired) electrons. The van der Waals surface area contributed by atoms with Crippen molar-refractivity contribution in [3.8, 4) is 0 Å². The van der Waals surface area contributed by atoms with Crippen molar-refractivity contribution in [3.63, 3.8) is 0 Å². The van der Waals surface area contributed by atoms with Gasteiger partial charge in [-0.15, -0.1) is 0 Å². The van der Waals surface area contributed by atoms with Gasteiger partial charge in [0.15, 0.2) is 0 Å². The predicted molar refractivity (Wildman–Crippen MR) is 125 cm³/mol. The lowest BCUT2D eigenvalue weighted by Gasteiger charge is -2.10. The first-order valence-electron chi connectivity index (χ1n) is 9.95. The zero-order valence-corrected chi connectivity index (χ0v) is 17.9. The number of nitrogens with one attached hydrogen (secondary N) is 2. The number of nitro groups is 1. The lowest BCUT2D eigenvalue weighted by molar-refractivity contribution is -0.384. The number of H-pyrrole nitrogens is 1. The van der Waals surface area contributed by atoms with E-state index in [0.717, 1.165) is 33.3 Å². The van der Waals surface area contributed by atoms with Gasteiger partial charge in [-0.25, -0.2) is 13.1 Å². The predicted octanol–water partition coefficient (Wildman–Crippen LogP) is 4.66. The van der Waals surface area contributed by atoms with Crippen molar-refractivity contribution in [1.29, 1.82) is 0 Å². The third kappa shape index (κ3) is 4.32. The van der Waals surface area contributed by atoms with Crippen molar-refractivity contribution >= 4 is 32.2 Å². The molecule has 1 aromatic heterocycles. The Morgan fingerprint density at radius 2 is 1.62 bits per heavy atom. The summed E-state index contributed by atoms with van der Waals surface area (Å²) in [6, 6.07) is 22.5. The molecule has 2 N–H and O–H groups in total. The van der Waals surface area contributed by atoms with Gasteiger partial charge >= 0.3 is 0 Å². The van der Waals surface area contributed by atoms with Crippen molar-refractivity contribution in [1.82, 2.24) is 9.71 Å². The monoisotopic (exact) mass is 447 g/mol. The Labute approximate surface area is 185 Å². The van der Waals surface area contributed by atoms with Crippen LogP contribution in [-0.2, 0) is 16.4 Å². The smallest absolute Gasteiger partial charge is 0.269 e. The van der Waals surface area contributed by atoms with E-state index in [4.69, 9.17) is 0 Å². The van der Waals surface area contributed by atoms with Crippen molar-refractivity contribution < 1.29 is 13.3 Å². The van der Waals surface area contributed by atoms with Gasteiger partial charge in [-0.05, 0) is 41.3 Å². The van der Waals surface area contributed by atoms with E-state index in [1.807, 2.05) is 54.6 Å². The minimum absolute atomic E-state index is 0.0176. The van der Waals surface area contributed by atoms with E-state index in [-0.39, 0.29) is 17.1 Å². The number of hydrogen-bond donors (Lipinski definition) is 2. The third-order valence-electron chi connectivity index (χ3n) is 5.26. The molecule has 162 valence electrons. The number of benzene rings is 3. The molecule has 1 heterocycles. The van der Waals surface area contributed by atoms with Crippen LogP contribution in [0, 0.1) is 10.1 Å². The van der Waals surface area contributed by atoms with Crippen molar-refractivity contribution in [2.45, 2.75) is 11.3 Å². The maximum absolute atomic E-state index is 12.6. The molecule has 0 fully saturated rings. The molecule has 0 bridgehead atoms. The Hall–Kier alpha value is -3.75. The number of aromatic amines is 1. The molecule has 32 heavy (non-hydrogen) atoms. The zero-order chi connectivity index (χ0) is 22.7. The number of fused-ring (bicyclic) bond motifs is 1. The van der Waals surface area contributed by atoms with Gasteiger partial charge in [-0.3, -0.25) is 10.1 Å². The van der Waals surface area contributed by atoms with Crippen molar-refractivity contribution in [2.24, 2.45) is 0 Å². The Kier molecular flexibility index (Phi) is 5.89. The van der Waals surface area contributed by atoms with Crippen LogP contribution in [0.15, 0.2) is 90.3 Å².